The van der Waals surface area contributed by atoms with E-state index in [0.29, 0.717) is 0 Å². The lowest BCUT2D eigenvalue weighted by atomic mass is 10.1. The zero-order chi connectivity index (χ0) is 11.3. The maximum absolute atomic E-state index is 3.53. The fourth-order valence-electron chi connectivity index (χ4n) is 2.33. The Bertz CT molecular complexity index is 72.7. The summed E-state index contributed by atoms with van der Waals surface area (Å²) in [6.07, 6.45) is 14.1. The molecular formula is C14H30N2. The summed E-state index contributed by atoms with van der Waals surface area (Å²) in [6, 6.07) is 0. The van der Waals surface area contributed by atoms with Crippen molar-refractivity contribution in [3.05, 3.63) is 0 Å². The summed E-state index contributed by atoms with van der Waals surface area (Å²) in [5.74, 6) is 0. The van der Waals surface area contributed by atoms with Gasteiger partial charge in [0, 0.05) is 0 Å². The van der Waals surface area contributed by atoms with Crippen LogP contribution < -0.4 is 10.6 Å². The highest BCUT2D eigenvalue weighted by Crippen LogP contribution is 2.09. The molecule has 0 radical (unpaired) electrons. The average Bonchev–Trinajstić information content (AvgIpc) is 2.29. The van der Waals surface area contributed by atoms with E-state index in [9.17, 15) is 0 Å². The summed E-state index contributed by atoms with van der Waals surface area (Å²) in [7, 11) is 0. The van der Waals surface area contributed by atoms with Crippen LogP contribution in [0.5, 0.6) is 0 Å². The molecule has 1 aliphatic rings. The van der Waals surface area contributed by atoms with Gasteiger partial charge in [-0.15, -0.1) is 0 Å². The van der Waals surface area contributed by atoms with Gasteiger partial charge in [-0.1, -0.05) is 44.9 Å². The third kappa shape index (κ3) is 9.17. The van der Waals surface area contributed by atoms with Gasteiger partial charge in [-0.3, -0.25) is 0 Å². The molecule has 0 amide bonds. The van der Waals surface area contributed by atoms with E-state index in [4.69, 9.17) is 0 Å². The first-order valence-electron chi connectivity index (χ1n) is 7.41. The molecule has 2 N–H and O–H groups in total. The Balaban J connectivity index is 2.00. The van der Waals surface area contributed by atoms with Gasteiger partial charge in [0.15, 0.2) is 0 Å². The first-order valence-corrected chi connectivity index (χ1v) is 7.41. The molecule has 1 aliphatic heterocycles. The van der Waals surface area contributed by atoms with E-state index in [1.807, 2.05) is 0 Å². The lowest BCUT2D eigenvalue weighted by Crippen LogP contribution is -2.23. The van der Waals surface area contributed by atoms with Crippen LogP contribution in [-0.2, 0) is 0 Å². The van der Waals surface area contributed by atoms with E-state index in [0.717, 1.165) is 0 Å². The Labute approximate surface area is 102 Å². The Hall–Kier alpha value is -0.0800. The van der Waals surface area contributed by atoms with Gasteiger partial charge in [0.05, 0.1) is 0 Å². The highest BCUT2D eigenvalue weighted by atomic mass is 14.9. The van der Waals surface area contributed by atoms with Crippen LogP contribution in [0.4, 0.5) is 0 Å². The molecule has 16 heavy (non-hydrogen) atoms. The van der Waals surface area contributed by atoms with Crippen LogP contribution in [-0.4, -0.2) is 26.2 Å². The summed E-state index contributed by atoms with van der Waals surface area (Å²) in [5, 5.41) is 7.05. The fraction of sp³-hybridized carbons (Fsp3) is 1.00. The van der Waals surface area contributed by atoms with Crippen LogP contribution in [0, 0.1) is 0 Å². The van der Waals surface area contributed by atoms with Gasteiger partial charge >= 0.3 is 0 Å². The predicted octanol–water partition coefficient (Wildman–Crippen LogP) is 3.08. The van der Waals surface area contributed by atoms with Gasteiger partial charge in [-0.2, -0.15) is 0 Å². The second kappa shape index (κ2) is 11.4. The van der Waals surface area contributed by atoms with Crippen molar-refractivity contribution in [2.24, 2.45) is 0 Å². The molecule has 0 atom stereocenters. The number of hydrogen-bond acceptors (Lipinski definition) is 2. The van der Waals surface area contributed by atoms with Crippen molar-refractivity contribution < 1.29 is 0 Å². The van der Waals surface area contributed by atoms with E-state index in [-0.39, 0.29) is 0 Å². The Morgan fingerprint density at radius 1 is 0.312 bits per heavy atom. The van der Waals surface area contributed by atoms with E-state index in [1.165, 1.54) is 90.4 Å². The number of nitrogens with one attached hydrogen (secondary N) is 2. The standard InChI is InChI=1S/C14H30N2/c1-2-4-6-8-11-15-13-10-14-16-12-9-7-5-3-1/h15-16H,1-14H2. The Kier molecular flexibility index (Phi) is 9.97. The van der Waals surface area contributed by atoms with Gasteiger partial charge in [0.1, 0.15) is 0 Å². The molecular weight excluding hydrogens is 196 g/mol. The highest BCUT2D eigenvalue weighted by molar-refractivity contribution is 4.55. The summed E-state index contributed by atoms with van der Waals surface area (Å²) in [6.45, 7) is 4.82. The topological polar surface area (TPSA) is 24.1 Å². The molecule has 0 bridgehead atoms. The van der Waals surface area contributed by atoms with E-state index in [1.54, 1.807) is 0 Å². The lowest BCUT2D eigenvalue weighted by molar-refractivity contribution is 0.516. The summed E-state index contributed by atoms with van der Waals surface area (Å²) < 4.78 is 0. The summed E-state index contributed by atoms with van der Waals surface area (Å²) >= 11 is 0. The first-order chi connectivity index (χ1) is 8.00. The van der Waals surface area contributed by atoms with Crippen molar-refractivity contribution in [1.82, 2.24) is 10.6 Å². The quantitative estimate of drug-likeness (QED) is 0.663. The van der Waals surface area contributed by atoms with Gasteiger partial charge in [-0.05, 0) is 45.4 Å². The van der Waals surface area contributed by atoms with Crippen molar-refractivity contribution in [1.29, 1.82) is 0 Å². The van der Waals surface area contributed by atoms with Crippen molar-refractivity contribution in [3.63, 3.8) is 0 Å². The molecule has 0 spiro atoms. The summed E-state index contributed by atoms with van der Waals surface area (Å²) in [4.78, 5) is 0. The monoisotopic (exact) mass is 226 g/mol. The molecule has 0 aliphatic carbocycles. The number of hydrogen-bond donors (Lipinski definition) is 2. The molecule has 0 aromatic rings. The van der Waals surface area contributed by atoms with Crippen molar-refractivity contribution in [2.45, 2.75) is 64.2 Å². The van der Waals surface area contributed by atoms with Crippen LogP contribution >= 0.6 is 0 Å². The zero-order valence-electron chi connectivity index (χ0n) is 10.9. The molecule has 1 saturated heterocycles. The van der Waals surface area contributed by atoms with Gasteiger partial charge in [0.2, 0.25) is 0 Å². The molecule has 1 heterocycles. The highest BCUT2D eigenvalue weighted by Gasteiger charge is 1.95. The van der Waals surface area contributed by atoms with Gasteiger partial charge < -0.3 is 10.6 Å². The molecule has 1 rings (SSSR count). The van der Waals surface area contributed by atoms with Crippen LogP contribution in [0.1, 0.15) is 64.2 Å². The second-order valence-corrected chi connectivity index (χ2v) is 5.04. The van der Waals surface area contributed by atoms with Crippen LogP contribution in [0.2, 0.25) is 0 Å². The Morgan fingerprint density at radius 2 is 0.625 bits per heavy atom. The summed E-state index contributed by atoms with van der Waals surface area (Å²) in [5.41, 5.74) is 0. The molecule has 2 nitrogen and oxygen atoms in total. The molecule has 0 saturated carbocycles. The largest absolute Gasteiger partial charge is 0.317 e. The number of rotatable bonds is 0. The average molecular weight is 226 g/mol. The van der Waals surface area contributed by atoms with Crippen molar-refractivity contribution in [3.8, 4) is 0 Å². The van der Waals surface area contributed by atoms with Crippen LogP contribution in [0.25, 0.3) is 0 Å². The predicted molar refractivity (Wildman–Crippen MR) is 71.9 cm³/mol. The van der Waals surface area contributed by atoms with E-state index >= 15 is 0 Å². The Morgan fingerprint density at radius 3 is 1.06 bits per heavy atom. The second-order valence-electron chi connectivity index (χ2n) is 5.04. The minimum absolute atomic E-state index is 1.19. The fourth-order valence-corrected chi connectivity index (χ4v) is 2.33. The minimum Gasteiger partial charge on any atom is -0.317 e. The molecule has 96 valence electrons. The van der Waals surface area contributed by atoms with Crippen molar-refractivity contribution >= 4 is 0 Å². The lowest BCUT2D eigenvalue weighted by Gasteiger charge is -2.08. The molecule has 0 unspecified atom stereocenters. The third-order valence-corrected chi connectivity index (χ3v) is 3.41. The molecule has 0 aromatic carbocycles. The zero-order valence-corrected chi connectivity index (χ0v) is 10.9. The maximum Gasteiger partial charge on any atom is -0.00368 e. The maximum atomic E-state index is 3.53. The van der Waals surface area contributed by atoms with Gasteiger partial charge in [0.25, 0.3) is 0 Å². The van der Waals surface area contributed by atoms with Crippen LogP contribution in [0.15, 0.2) is 0 Å². The van der Waals surface area contributed by atoms with E-state index in [2.05, 4.69) is 10.6 Å². The normalized spacial score (nSPS) is 24.0. The molecule has 1 fully saturated rings. The van der Waals surface area contributed by atoms with Gasteiger partial charge in [-0.25, -0.2) is 0 Å². The first kappa shape index (κ1) is 14.0. The smallest absolute Gasteiger partial charge is 0.00368 e. The van der Waals surface area contributed by atoms with E-state index < -0.39 is 0 Å². The third-order valence-electron chi connectivity index (χ3n) is 3.41. The molecule has 0 aromatic heterocycles. The van der Waals surface area contributed by atoms with Crippen LogP contribution in [0.3, 0.4) is 0 Å². The molecule has 2 heteroatoms. The van der Waals surface area contributed by atoms with Crippen molar-refractivity contribution in [2.75, 3.05) is 26.2 Å². The minimum atomic E-state index is 1.19. The SMILES string of the molecule is C1CCCCCNCCCNCCCCC1.